The molecule has 0 N–H and O–H groups in total. The summed E-state index contributed by atoms with van der Waals surface area (Å²) in [6.45, 7) is 1.91. The molecule has 2 heterocycles. The summed E-state index contributed by atoms with van der Waals surface area (Å²) in [5.74, 6) is 0.615. The molecule has 1 aliphatic rings. The molecule has 0 aliphatic carbocycles. The quantitative estimate of drug-likeness (QED) is 0.689. The van der Waals surface area contributed by atoms with Crippen LogP contribution in [0.5, 0.6) is 5.88 Å². The Hall–Kier alpha value is -0.160. The number of hydrogen-bond acceptors (Lipinski definition) is 3. The maximum atomic E-state index is 5.37. The molecule has 0 amide bonds. The van der Waals surface area contributed by atoms with Crippen molar-refractivity contribution in [2.45, 2.75) is 16.8 Å². The lowest BCUT2D eigenvalue weighted by Gasteiger charge is -2.01. The molecule has 0 spiro atoms. The lowest BCUT2D eigenvalue weighted by Crippen LogP contribution is -2.04. The van der Waals surface area contributed by atoms with Gasteiger partial charge in [0.25, 0.3) is 0 Å². The van der Waals surface area contributed by atoms with Crippen molar-refractivity contribution >= 4 is 31.9 Å². The summed E-state index contributed by atoms with van der Waals surface area (Å²) >= 11 is 6.82. The highest BCUT2D eigenvalue weighted by Crippen LogP contribution is 2.41. The van der Waals surface area contributed by atoms with Gasteiger partial charge in [0, 0.05) is 0 Å². The van der Waals surface area contributed by atoms with E-state index < -0.39 is 0 Å². The van der Waals surface area contributed by atoms with Crippen LogP contribution < -0.4 is 4.74 Å². The van der Waals surface area contributed by atoms with Crippen LogP contribution in [0.4, 0.5) is 0 Å². The monoisotopic (exact) mass is 292 g/mol. The first kappa shape index (κ1) is 8.44. The third kappa shape index (κ3) is 1.25. The first-order valence-corrected chi connectivity index (χ1v) is 5.30. The van der Waals surface area contributed by atoms with Gasteiger partial charge in [-0.2, -0.15) is 0 Å². The molecule has 3 nitrogen and oxygen atoms in total. The number of fused-ring (bicyclic) bond motifs is 1. The summed E-state index contributed by atoms with van der Waals surface area (Å²) in [4.78, 5) is 8.53. The van der Waals surface area contributed by atoms with E-state index in [4.69, 9.17) is 4.74 Å². The van der Waals surface area contributed by atoms with Crippen LogP contribution in [0.1, 0.15) is 16.2 Å². The average molecular weight is 294 g/mol. The predicted octanol–water partition coefficient (Wildman–Crippen LogP) is 2.33. The SMILES string of the molecule is Cc1cnc2c(n1)C(Br)C(Br)O2. The van der Waals surface area contributed by atoms with Crippen molar-refractivity contribution in [1.29, 1.82) is 0 Å². The Morgan fingerprint density at radius 2 is 2.25 bits per heavy atom. The van der Waals surface area contributed by atoms with Gasteiger partial charge < -0.3 is 4.74 Å². The molecule has 12 heavy (non-hydrogen) atoms. The lowest BCUT2D eigenvalue weighted by molar-refractivity contribution is 0.317. The van der Waals surface area contributed by atoms with Gasteiger partial charge in [-0.15, -0.1) is 0 Å². The van der Waals surface area contributed by atoms with Gasteiger partial charge in [0.1, 0.15) is 10.5 Å². The van der Waals surface area contributed by atoms with Gasteiger partial charge in [-0.25, -0.2) is 9.97 Å². The summed E-state index contributed by atoms with van der Waals surface area (Å²) in [6, 6.07) is 0. The van der Waals surface area contributed by atoms with E-state index in [-0.39, 0.29) is 9.84 Å². The van der Waals surface area contributed by atoms with Crippen LogP contribution in [0, 0.1) is 6.92 Å². The van der Waals surface area contributed by atoms with E-state index in [1.807, 2.05) is 6.92 Å². The summed E-state index contributed by atoms with van der Waals surface area (Å²) < 4.78 is 5.37. The van der Waals surface area contributed by atoms with Gasteiger partial charge in [-0.05, 0) is 22.9 Å². The number of aromatic nitrogens is 2. The highest BCUT2D eigenvalue weighted by atomic mass is 79.9. The molecule has 64 valence electrons. The Kier molecular flexibility index (Phi) is 2.08. The van der Waals surface area contributed by atoms with Crippen molar-refractivity contribution in [2.75, 3.05) is 0 Å². The first-order chi connectivity index (χ1) is 5.68. The molecule has 1 aromatic heterocycles. The van der Waals surface area contributed by atoms with Gasteiger partial charge in [0.2, 0.25) is 5.88 Å². The molecular weight excluding hydrogens is 288 g/mol. The highest BCUT2D eigenvalue weighted by Gasteiger charge is 2.33. The molecule has 0 saturated heterocycles. The molecule has 2 unspecified atom stereocenters. The number of rotatable bonds is 0. The molecule has 0 radical (unpaired) electrons. The maximum Gasteiger partial charge on any atom is 0.238 e. The van der Waals surface area contributed by atoms with E-state index in [1.54, 1.807) is 6.20 Å². The third-order valence-electron chi connectivity index (χ3n) is 1.60. The normalized spacial score (nSPS) is 26.6. The Morgan fingerprint density at radius 1 is 1.50 bits per heavy atom. The number of halogens is 2. The van der Waals surface area contributed by atoms with E-state index >= 15 is 0 Å². The number of ether oxygens (including phenoxy) is 1. The molecule has 0 bridgehead atoms. The molecule has 0 saturated carbocycles. The minimum Gasteiger partial charge on any atom is -0.460 e. The fourth-order valence-corrected chi connectivity index (χ4v) is 1.88. The van der Waals surface area contributed by atoms with Crippen LogP contribution in [0.15, 0.2) is 6.20 Å². The van der Waals surface area contributed by atoms with E-state index in [1.165, 1.54) is 0 Å². The zero-order valence-electron chi connectivity index (χ0n) is 6.29. The smallest absolute Gasteiger partial charge is 0.238 e. The summed E-state index contributed by atoms with van der Waals surface area (Å²) in [5.41, 5.74) is 1.78. The Balaban J connectivity index is 2.48. The maximum absolute atomic E-state index is 5.37. The van der Waals surface area contributed by atoms with Crippen LogP contribution in [-0.2, 0) is 0 Å². The van der Waals surface area contributed by atoms with Gasteiger partial charge in [-0.1, -0.05) is 15.9 Å². The third-order valence-corrected chi connectivity index (χ3v) is 3.94. The number of nitrogens with zero attached hydrogens (tertiary/aromatic N) is 2. The fraction of sp³-hybridized carbons (Fsp3) is 0.429. The molecule has 5 heteroatoms. The minimum atomic E-state index is -0.0608. The first-order valence-electron chi connectivity index (χ1n) is 3.47. The van der Waals surface area contributed by atoms with E-state index in [0.717, 1.165) is 11.4 Å². The molecule has 0 aromatic carbocycles. The van der Waals surface area contributed by atoms with Gasteiger partial charge in [0.05, 0.1) is 11.9 Å². The molecule has 0 fully saturated rings. The molecule has 2 rings (SSSR count). The van der Waals surface area contributed by atoms with Gasteiger partial charge in [0.15, 0.2) is 5.01 Å². The van der Waals surface area contributed by atoms with Crippen molar-refractivity contribution in [3.05, 3.63) is 17.6 Å². The molecule has 2 atom stereocenters. The summed E-state index contributed by atoms with van der Waals surface area (Å²) in [6.07, 6.45) is 1.70. The standard InChI is InChI=1S/C7H6Br2N2O/c1-3-2-10-7-5(11-3)4(8)6(9)12-7/h2,4,6H,1H3. The Bertz CT molecular complexity index is 318. The van der Waals surface area contributed by atoms with Crippen LogP contribution in [-0.4, -0.2) is 15.0 Å². The topological polar surface area (TPSA) is 35.0 Å². The summed E-state index contributed by atoms with van der Waals surface area (Å²) in [7, 11) is 0. The average Bonchev–Trinajstić information content (AvgIpc) is 2.31. The second-order valence-electron chi connectivity index (χ2n) is 2.57. The second-order valence-corrected chi connectivity index (χ2v) is 4.46. The van der Waals surface area contributed by atoms with Crippen molar-refractivity contribution in [3.63, 3.8) is 0 Å². The Morgan fingerprint density at radius 3 is 3.00 bits per heavy atom. The zero-order valence-corrected chi connectivity index (χ0v) is 9.46. The minimum absolute atomic E-state index is 0.0608. The number of aryl methyl sites for hydroxylation is 1. The van der Waals surface area contributed by atoms with E-state index in [2.05, 4.69) is 41.8 Å². The predicted molar refractivity (Wildman–Crippen MR) is 51.8 cm³/mol. The van der Waals surface area contributed by atoms with Crippen molar-refractivity contribution in [3.8, 4) is 5.88 Å². The van der Waals surface area contributed by atoms with E-state index in [9.17, 15) is 0 Å². The molecular formula is C7H6Br2N2O. The van der Waals surface area contributed by atoms with Crippen molar-refractivity contribution in [1.82, 2.24) is 9.97 Å². The lowest BCUT2D eigenvalue weighted by atomic mass is 10.3. The van der Waals surface area contributed by atoms with Crippen molar-refractivity contribution < 1.29 is 4.74 Å². The van der Waals surface area contributed by atoms with Crippen LogP contribution >= 0.6 is 31.9 Å². The Labute approximate surface area is 86.8 Å². The highest BCUT2D eigenvalue weighted by molar-refractivity contribution is 9.12. The van der Waals surface area contributed by atoms with Crippen molar-refractivity contribution in [2.24, 2.45) is 0 Å². The van der Waals surface area contributed by atoms with Crippen LogP contribution in [0.25, 0.3) is 0 Å². The summed E-state index contributed by atoms with van der Waals surface area (Å²) in [5, 5.41) is -0.0608. The number of hydrogen-bond donors (Lipinski definition) is 0. The zero-order chi connectivity index (χ0) is 8.72. The number of alkyl halides is 2. The largest absolute Gasteiger partial charge is 0.460 e. The van der Waals surface area contributed by atoms with Crippen LogP contribution in [0.3, 0.4) is 0 Å². The molecule has 1 aliphatic heterocycles. The fourth-order valence-electron chi connectivity index (χ4n) is 1.05. The van der Waals surface area contributed by atoms with E-state index in [0.29, 0.717) is 5.88 Å². The second kappa shape index (κ2) is 2.96. The van der Waals surface area contributed by atoms with Gasteiger partial charge in [-0.3, -0.25) is 0 Å². The van der Waals surface area contributed by atoms with Gasteiger partial charge >= 0.3 is 0 Å². The van der Waals surface area contributed by atoms with Crippen LogP contribution in [0.2, 0.25) is 0 Å². The molecule has 1 aromatic rings.